The van der Waals surface area contributed by atoms with Crippen LogP contribution in [0.25, 0.3) is 0 Å². The lowest BCUT2D eigenvalue weighted by atomic mass is 9.78. The highest BCUT2D eigenvalue weighted by atomic mass is 19.1. The van der Waals surface area contributed by atoms with Crippen LogP contribution in [-0.2, 0) is 16.8 Å². The Morgan fingerprint density at radius 2 is 1.68 bits per heavy atom. The van der Waals surface area contributed by atoms with Crippen molar-refractivity contribution >= 4 is 5.91 Å². The second kappa shape index (κ2) is 8.50. The van der Waals surface area contributed by atoms with Gasteiger partial charge in [0.2, 0.25) is 11.7 Å². The summed E-state index contributed by atoms with van der Waals surface area (Å²) in [6, 6.07) is 10.0. The van der Waals surface area contributed by atoms with Crippen molar-refractivity contribution in [3.63, 3.8) is 0 Å². The molecule has 0 radical (unpaired) electrons. The predicted molar refractivity (Wildman–Crippen MR) is 104 cm³/mol. The monoisotopic (exact) mass is 387 g/mol. The van der Waals surface area contributed by atoms with Crippen LogP contribution >= 0.6 is 0 Å². The molecule has 0 heterocycles. The molecule has 0 saturated heterocycles. The van der Waals surface area contributed by atoms with Crippen LogP contribution in [0.15, 0.2) is 36.4 Å². The van der Waals surface area contributed by atoms with E-state index in [-0.39, 0.29) is 11.7 Å². The van der Waals surface area contributed by atoms with Crippen molar-refractivity contribution < 1.29 is 23.4 Å². The number of carbonyl (C=O) groups excluding carboxylic acids is 1. The van der Waals surface area contributed by atoms with Crippen molar-refractivity contribution in [1.82, 2.24) is 5.32 Å². The molecule has 0 aliphatic heterocycles. The number of halogens is 1. The van der Waals surface area contributed by atoms with Gasteiger partial charge in [-0.2, -0.15) is 0 Å². The van der Waals surface area contributed by atoms with Crippen LogP contribution in [-0.4, -0.2) is 27.2 Å². The summed E-state index contributed by atoms with van der Waals surface area (Å²) < 4.78 is 29.8. The second-order valence-corrected chi connectivity index (χ2v) is 7.02. The fraction of sp³-hybridized carbons (Fsp3) is 0.409. The van der Waals surface area contributed by atoms with Gasteiger partial charge in [0.1, 0.15) is 5.82 Å². The van der Waals surface area contributed by atoms with E-state index in [9.17, 15) is 9.18 Å². The number of hydrogen-bond donors (Lipinski definition) is 1. The Morgan fingerprint density at radius 3 is 2.21 bits per heavy atom. The maximum Gasteiger partial charge on any atom is 0.230 e. The Labute approximate surface area is 164 Å². The van der Waals surface area contributed by atoms with E-state index in [1.54, 1.807) is 27.4 Å². The van der Waals surface area contributed by atoms with Gasteiger partial charge < -0.3 is 19.5 Å². The molecule has 2 aromatic rings. The van der Waals surface area contributed by atoms with Gasteiger partial charge in [0, 0.05) is 6.54 Å². The van der Waals surface area contributed by atoms with Gasteiger partial charge in [-0.25, -0.2) is 4.39 Å². The fourth-order valence-electron chi connectivity index (χ4n) is 4.00. The standard InChI is InChI=1S/C22H26FNO4/c1-26-18-11-15(12-19(27-2)20(18)28-3)14-24-21(25)22(9-4-5-10-22)16-7-6-8-17(23)13-16/h6-8,11-13H,4-5,9-10,14H2,1-3H3,(H,24,25). The van der Waals surface area contributed by atoms with E-state index in [4.69, 9.17) is 14.2 Å². The zero-order chi connectivity index (χ0) is 20.1. The zero-order valence-electron chi connectivity index (χ0n) is 16.5. The first-order valence-corrected chi connectivity index (χ1v) is 9.37. The first-order valence-electron chi connectivity index (χ1n) is 9.37. The molecule has 0 bridgehead atoms. The third-order valence-electron chi connectivity index (χ3n) is 5.45. The molecule has 1 fully saturated rings. The number of ether oxygens (including phenoxy) is 3. The normalized spacial score (nSPS) is 15.1. The number of amides is 1. The second-order valence-electron chi connectivity index (χ2n) is 7.02. The summed E-state index contributed by atoms with van der Waals surface area (Å²) in [4.78, 5) is 13.2. The van der Waals surface area contributed by atoms with E-state index in [0.717, 1.165) is 36.8 Å². The minimum atomic E-state index is -0.678. The van der Waals surface area contributed by atoms with E-state index in [1.807, 2.05) is 18.2 Å². The van der Waals surface area contributed by atoms with Gasteiger partial charge in [-0.1, -0.05) is 25.0 Å². The third-order valence-corrected chi connectivity index (χ3v) is 5.45. The highest BCUT2D eigenvalue weighted by Crippen LogP contribution is 2.42. The minimum absolute atomic E-state index is 0.0793. The molecule has 0 atom stereocenters. The van der Waals surface area contributed by atoms with Gasteiger partial charge in [-0.3, -0.25) is 4.79 Å². The summed E-state index contributed by atoms with van der Waals surface area (Å²) in [6.45, 7) is 0.312. The van der Waals surface area contributed by atoms with Gasteiger partial charge in [-0.15, -0.1) is 0 Å². The molecule has 1 aliphatic rings. The highest BCUT2D eigenvalue weighted by Gasteiger charge is 2.42. The summed E-state index contributed by atoms with van der Waals surface area (Å²) in [5.74, 6) is 1.18. The van der Waals surface area contributed by atoms with Crippen molar-refractivity contribution in [2.45, 2.75) is 37.6 Å². The number of benzene rings is 2. The van der Waals surface area contributed by atoms with Gasteiger partial charge in [0.15, 0.2) is 11.5 Å². The summed E-state index contributed by atoms with van der Waals surface area (Å²) >= 11 is 0. The molecule has 1 amide bonds. The molecular formula is C22H26FNO4. The number of nitrogens with one attached hydrogen (secondary N) is 1. The smallest absolute Gasteiger partial charge is 0.230 e. The third kappa shape index (κ3) is 3.77. The lowest BCUT2D eigenvalue weighted by Crippen LogP contribution is -2.42. The fourth-order valence-corrected chi connectivity index (χ4v) is 4.00. The first-order chi connectivity index (χ1) is 13.5. The molecule has 2 aromatic carbocycles. The summed E-state index contributed by atoms with van der Waals surface area (Å²) in [5, 5.41) is 3.03. The molecule has 1 aliphatic carbocycles. The molecular weight excluding hydrogens is 361 g/mol. The molecule has 0 aromatic heterocycles. The Hall–Kier alpha value is -2.76. The lowest BCUT2D eigenvalue weighted by molar-refractivity contribution is -0.126. The summed E-state index contributed by atoms with van der Waals surface area (Å²) in [5.41, 5.74) is 0.894. The Balaban J connectivity index is 1.82. The van der Waals surface area contributed by atoms with Crippen LogP contribution in [0.4, 0.5) is 4.39 Å². The number of hydrogen-bond acceptors (Lipinski definition) is 4. The van der Waals surface area contributed by atoms with Gasteiger partial charge >= 0.3 is 0 Å². The summed E-state index contributed by atoms with van der Waals surface area (Å²) in [6.07, 6.45) is 3.34. The van der Waals surface area contributed by atoms with E-state index >= 15 is 0 Å². The van der Waals surface area contributed by atoms with Crippen LogP contribution in [0.2, 0.25) is 0 Å². The van der Waals surface area contributed by atoms with Gasteiger partial charge in [0.25, 0.3) is 0 Å². The quantitative estimate of drug-likeness (QED) is 0.781. The van der Waals surface area contributed by atoms with Crippen molar-refractivity contribution in [2.75, 3.05) is 21.3 Å². The van der Waals surface area contributed by atoms with Crippen LogP contribution in [0.3, 0.4) is 0 Å². The average Bonchev–Trinajstić information content (AvgIpc) is 3.22. The maximum absolute atomic E-state index is 13.8. The Morgan fingerprint density at radius 1 is 1.04 bits per heavy atom. The van der Waals surface area contributed by atoms with E-state index in [2.05, 4.69) is 5.32 Å². The number of methoxy groups -OCH3 is 3. The predicted octanol–water partition coefficient (Wildman–Crippen LogP) is 3.98. The topological polar surface area (TPSA) is 56.8 Å². The van der Waals surface area contributed by atoms with Crippen LogP contribution in [0.5, 0.6) is 17.2 Å². The van der Waals surface area contributed by atoms with E-state index < -0.39 is 5.41 Å². The molecule has 1 saturated carbocycles. The number of rotatable bonds is 7. The largest absolute Gasteiger partial charge is 0.493 e. The van der Waals surface area contributed by atoms with Crippen LogP contribution in [0.1, 0.15) is 36.8 Å². The van der Waals surface area contributed by atoms with Crippen molar-refractivity contribution in [3.8, 4) is 17.2 Å². The summed E-state index contributed by atoms with van der Waals surface area (Å²) in [7, 11) is 4.65. The molecule has 28 heavy (non-hydrogen) atoms. The minimum Gasteiger partial charge on any atom is -0.493 e. The molecule has 150 valence electrons. The Kier molecular flexibility index (Phi) is 6.07. The first kappa shape index (κ1) is 20.0. The molecule has 3 rings (SSSR count). The molecule has 5 nitrogen and oxygen atoms in total. The van der Waals surface area contributed by atoms with Gasteiger partial charge in [0.05, 0.1) is 26.7 Å². The van der Waals surface area contributed by atoms with Crippen molar-refractivity contribution in [2.24, 2.45) is 0 Å². The van der Waals surface area contributed by atoms with E-state index in [0.29, 0.717) is 23.8 Å². The number of carbonyl (C=O) groups is 1. The van der Waals surface area contributed by atoms with Crippen LogP contribution in [0, 0.1) is 5.82 Å². The zero-order valence-corrected chi connectivity index (χ0v) is 16.5. The maximum atomic E-state index is 13.8. The molecule has 6 heteroatoms. The van der Waals surface area contributed by atoms with Gasteiger partial charge in [-0.05, 0) is 48.2 Å². The van der Waals surface area contributed by atoms with Crippen LogP contribution < -0.4 is 19.5 Å². The average molecular weight is 387 g/mol. The van der Waals surface area contributed by atoms with E-state index in [1.165, 1.54) is 12.1 Å². The molecule has 0 spiro atoms. The van der Waals surface area contributed by atoms with Crippen molar-refractivity contribution in [1.29, 1.82) is 0 Å². The molecule has 0 unspecified atom stereocenters. The SMILES string of the molecule is COc1cc(CNC(=O)C2(c3cccc(F)c3)CCCC2)cc(OC)c1OC. The Bertz CT molecular complexity index is 821. The highest BCUT2D eigenvalue weighted by molar-refractivity contribution is 5.88. The van der Waals surface area contributed by atoms with Crippen molar-refractivity contribution in [3.05, 3.63) is 53.3 Å². The molecule has 1 N–H and O–H groups in total. The lowest BCUT2D eigenvalue weighted by Gasteiger charge is -2.28.